The summed E-state index contributed by atoms with van der Waals surface area (Å²) in [4.78, 5) is 10.6. The number of nitrogens with zero attached hydrogens (tertiary/aromatic N) is 2. The first-order chi connectivity index (χ1) is 10.0. The largest absolute Gasteiger partial charge is 0.375 e. The van der Waals surface area contributed by atoms with Gasteiger partial charge in [-0.25, -0.2) is 0 Å². The van der Waals surface area contributed by atoms with Crippen LogP contribution in [0.15, 0.2) is 36.4 Å². The van der Waals surface area contributed by atoms with Crippen LogP contribution >= 0.6 is 0 Å². The Morgan fingerprint density at radius 2 is 2.00 bits per heavy atom. The van der Waals surface area contributed by atoms with Crippen LogP contribution in [0.5, 0.6) is 0 Å². The lowest BCUT2D eigenvalue weighted by Gasteiger charge is -2.10. The van der Waals surface area contributed by atoms with E-state index in [0.29, 0.717) is 12.2 Å². The van der Waals surface area contributed by atoms with E-state index in [9.17, 15) is 10.1 Å². The molecule has 5 nitrogen and oxygen atoms in total. The van der Waals surface area contributed by atoms with Gasteiger partial charge < -0.3 is 5.32 Å². The summed E-state index contributed by atoms with van der Waals surface area (Å²) < 4.78 is 0. The summed E-state index contributed by atoms with van der Waals surface area (Å²) in [6.07, 6.45) is 0. The third-order valence-corrected chi connectivity index (χ3v) is 3.30. The fourth-order valence-corrected chi connectivity index (χ4v) is 2.08. The molecule has 2 rings (SSSR count). The normalized spacial score (nSPS) is 9.95. The van der Waals surface area contributed by atoms with E-state index in [1.165, 1.54) is 6.07 Å². The van der Waals surface area contributed by atoms with Gasteiger partial charge in [0, 0.05) is 12.6 Å². The van der Waals surface area contributed by atoms with Crippen molar-refractivity contribution in [1.82, 2.24) is 0 Å². The number of hydrogen-bond donors (Lipinski definition) is 1. The molecule has 1 N–H and O–H groups in total. The molecule has 2 aromatic rings. The monoisotopic (exact) mass is 281 g/mol. The molecule has 21 heavy (non-hydrogen) atoms. The van der Waals surface area contributed by atoms with Gasteiger partial charge in [0.05, 0.1) is 16.6 Å². The van der Waals surface area contributed by atoms with Gasteiger partial charge in [0.2, 0.25) is 0 Å². The van der Waals surface area contributed by atoms with Crippen LogP contribution in [-0.4, -0.2) is 4.92 Å². The molecule has 5 heteroatoms. The van der Waals surface area contributed by atoms with E-state index >= 15 is 0 Å². The van der Waals surface area contributed by atoms with Gasteiger partial charge in [0.25, 0.3) is 5.69 Å². The molecule has 0 aromatic heterocycles. The van der Waals surface area contributed by atoms with Gasteiger partial charge in [-0.15, -0.1) is 0 Å². The second-order valence-corrected chi connectivity index (χ2v) is 4.88. The molecule has 0 saturated carbocycles. The third-order valence-electron chi connectivity index (χ3n) is 3.30. The minimum absolute atomic E-state index is 0.0839. The van der Waals surface area contributed by atoms with Crippen LogP contribution < -0.4 is 5.32 Å². The molecule has 0 aliphatic rings. The van der Waals surface area contributed by atoms with Gasteiger partial charge in [-0.1, -0.05) is 23.8 Å². The van der Waals surface area contributed by atoms with Crippen LogP contribution in [0.3, 0.4) is 0 Å². The number of rotatable bonds is 4. The quantitative estimate of drug-likeness (QED) is 0.684. The van der Waals surface area contributed by atoms with Crippen molar-refractivity contribution >= 4 is 11.4 Å². The van der Waals surface area contributed by atoms with Crippen LogP contribution in [0.2, 0.25) is 0 Å². The smallest absolute Gasteiger partial charge is 0.293 e. The average Bonchev–Trinajstić information content (AvgIpc) is 2.48. The molecule has 0 fully saturated rings. The SMILES string of the molecule is Cc1ccc(C)c(CNc2ccc(C#N)cc2[N+](=O)[O-])c1. The highest BCUT2D eigenvalue weighted by atomic mass is 16.6. The van der Waals surface area contributed by atoms with E-state index in [1.807, 2.05) is 32.0 Å². The van der Waals surface area contributed by atoms with E-state index in [0.717, 1.165) is 16.7 Å². The first-order valence-corrected chi connectivity index (χ1v) is 6.50. The summed E-state index contributed by atoms with van der Waals surface area (Å²) in [5, 5.41) is 23.0. The lowest BCUT2D eigenvalue weighted by Crippen LogP contribution is -2.04. The van der Waals surface area contributed by atoms with E-state index in [1.54, 1.807) is 12.1 Å². The maximum atomic E-state index is 11.1. The minimum Gasteiger partial charge on any atom is -0.375 e. The van der Waals surface area contributed by atoms with Crippen molar-refractivity contribution in [3.8, 4) is 6.07 Å². The lowest BCUT2D eigenvalue weighted by atomic mass is 10.1. The highest BCUT2D eigenvalue weighted by molar-refractivity contribution is 5.64. The Labute approximate surface area is 123 Å². The average molecular weight is 281 g/mol. The van der Waals surface area contributed by atoms with Gasteiger partial charge in [-0.3, -0.25) is 10.1 Å². The summed E-state index contributed by atoms with van der Waals surface area (Å²) in [5.41, 5.74) is 3.98. The number of nitro groups is 1. The molecule has 0 amide bonds. The van der Waals surface area contributed by atoms with Gasteiger partial charge in [0.1, 0.15) is 5.69 Å². The highest BCUT2D eigenvalue weighted by Crippen LogP contribution is 2.26. The van der Waals surface area contributed by atoms with E-state index in [-0.39, 0.29) is 11.3 Å². The maximum absolute atomic E-state index is 11.1. The van der Waals surface area contributed by atoms with Crippen molar-refractivity contribution in [3.05, 3.63) is 68.8 Å². The number of nitrogens with one attached hydrogen (secondary N) is 1. The Hall–Kier alpha value is -2.87. The Morgan fingerprint density at radius 1 is 1.24 bits per heavy atom. The summed E-state index contributed by atoms with van der Waals surface area (Å²) >= 11 is 0. The van der Waals surface area contributed by atoms with Crippen LogP contribution in [-0.2, 0) is 6.54 Å². The first kappa shape index (κ1) is 14.5. The molecular weight excluding hydrogens is 266 g/mol. The minimum atomic E-state index is -0.480. The van der Waals surface area contributed by atoms with E-state index < -0.39 is 4.92 Å². The lowest BCUT2D eigenvalue weighted by molar-refractivity contribution is -0.384. The zero-order valence-electron chi connectivity index (χ0n) is 11.9. The third kappa shape index (κ3) is 3.37. The maximum Gasteiger partial charge on any atom is 0.293 e. The van der Waals surface area contributed by atoms with Gasteiger partial charge >= 0.3 is 0 Å². The van der Waals surface area contributed by atoms with Crippen molar-refractivity contribution in [2.45, 2.75) is 20.4 Å². The number of hydrogen-bond acceptors (Lipinski definition) is 4. The number of nitro benzene ring substituents is 1. The second-order valence-electron chi connectivity index (χ2n) is 4.88. The molecular formula is C16H15N3O2. The zero-order chi connectivity index (χ0) is 15.4. The molecule has 0 atom stereocenters. The van der Waals surface area contributed by atoms with Gasteiger partial charge in [0.15, 0.2) is 0 Å². The second kappa shape index (κ2) is 6.06. The van der Waals surface area contributed by atoms with Gasteiger partial charge in [-0.2, -0.15) is 5.26 Å². The zero-order valence-corrected chi connectivity index (χ0v) is 11.9. The molecule has 0 bridgehead atoms. The molecule has 106 valence electrons. The Kier molecular flexibility index (Phi) is 4.19. The van der Waals surface area contributed by atoms with Crippen LogP contribution in [0.1, 0.15) is 22.3 Å². The summed E-state index contributed by atoms with van der Waals surface area (Å²) in [5.74, 6) is 0. The molecule has 0 saturated heterocycles. The van der Waals surface area contributed by atoms with Crippen molar-refractivity contribution in [2.75, 3.05) is 5.32 Å². The molecule has 0 heterocycles. The number of benzene rings is 2. The fourth-order valence-electron chi connectivity index (χ4n) is 2.08. The fraction of sp³-hybridized carbons (Fsp3) is 0.188. The van der Waals surface area contributed by atoms with Crippen molar-refractivity contribution < 1.29 is 4.92 Å². The molecule has 0 spiro atoms. The van der Waals surface area contributed by atoms with Crippen LogP contribution in [0, 0.1) is 35.3 Å². The molecule has 0 radical (unpaired) electrons. The van der Waals surface area contributed by atoms with E-state index in [4.69, 9.17) is 5.26 Å². The predicted molar refractivity (Wildman–Crippen MR) is 81.1 cm³/mol. The Morgan fingerprint density at radius 3 is 2.67 bits per heavy atom. The summed E-state index contributed by atoms with van der Waals surface area (Å²) in [7, 11) is 0. The van der Waals surface area contributed by atoms with Crippen molar-refractivity contribution in [3.63, 3.8) is 0 Å². The van der Waals surface area contributed by atoms with Gasteiger partial charge in [-0.05, 0) is 37.1 Å². The summed E-state index contributed by atoms with van der Waals surface area (Å²) in [6, 6.07) is 12.4. The standard InChI is InChI=1S/C16H15N3O2/c1-11-3-4-12(2)14(7-11)10-18-15-6-5-13(9-17)8-16(15)19(20)21/h3-8,18H,10H2,1-2H3. The predicted octanol–water partition coefficient (Wildman–Crippen LogP) is 3.70. The molecule has 0 aliphatic carbocycles. The number of aryl methyl sites for hydroxylation is 2. The van der Waals surface area contributed by atoms with E-state index in [2.05, 4.69) is 11.4 Å². The Bertz CT molecular complexity index is 733. The summed E-state index contributed by atoms with van der Waals surface area (Å²) in [6.45, 7) is 4.51. The van der Waals surface area contributed by atoms with Crippen molar-refractivity contribution in [1.29, 1.82) is 5.26 Å². The first-order valence-electron chi connectivity index (χ1n) is 6.50. The highest BCUT2D eigenvalue weighted by Gasteiger charge is 2.14. The number of nitriles is 1. The number of anilines is 1. The van der Waals surface area contributed by atoms with Crippen LogP contribution in [0.25, 0.3) is 0 Å². The molecule has 0 aliphatic heterocycles. The topological polar surface area (TPSA) is 79.0 Å². The van der Waals surface area contributed by atoms with Crippen molar-refractivity contribution in [2.24, 2.45) is 0 Å². The Balaban J connectivity index is 2.26. The molecule has 2 aromatic carbocycles. The molecule has 0 unspecified atom stereocenters. The van der Waals surface area contributed by atoms with Crippen LogP contribution in [0.4, 0.5) is 11.4 Å².